The molecule has 1 fully saturated rings. The van der Waals surface area contributed by atoms with Crippen molar-refractivity contribution in [1.82, 2.24) is 10.2 Å². The van der Waals surface area contributed by atoms with E-state index in [0.717, 1.165) is 10.0 Å². The molecule has 1 N–H and O–H groups in total. The third kappa shape index (κ3) is 2.65. The number of halogens is 1. The van der Waals surface area contributed by atoms with Gasteiger partial charge in [-0.25, -0.2) is 0 Å². The second kappa shape index (κ2) is 5.44. The SMILES string of the molecule is COc1ccc(Br)cc1CN1C(=O)CNC(=O)C1(C)C. The number of nitrogens with zero attached hydrogens (tertiary/aromatic N) is 1. The average molecular weight is 341 g/mol. The first-order valence-electron chi connectivity index (χ1n) is 6.27. The number of benzene rings is 1. The lowest BCUT2D eigenvalue weighted by Gasteiger charge is -2.41. The number of ether oxygens (including phenoxy) is 1. The topological polar surface area (TPSA) is 58.6 Å². The van der Waals surface area contributed by atoms with Crippen LogP contribution in [0.2, 0.25) is 0 Å². The molecule has 0 aliphatic carbocycles. The third-order valence-electron chi connectivity index (χ3n) is 3.50. The molecule has 1 aliphatic rings. The zero-order valence-electron chi connectivity index (χ0n) is 11.7. The molecule has 1 heterocycles. The van der Waals surface area contributed by atoms with E-state index in [0.29, 0.717) is 12.3 Å². The number of carbonyl (C=O) groups excluding carboxylic acids is 2. The normalized spacial score (nSPS) is 17.9. The molecule has 1 aromatic rings. The molecule has 2 amide bonds. The molecule has 0 spiro atoms. The lowest BCUT2D eigenvalue weighted by Crippen LogP contribution is -2.63. The van der Waals surface area contributed by atoms with Gasteiger partial charge in [-0.3, -0.25) is 9.59 Å². The first kappa shape index (κ1) is 14.8. The fourth-order valence-electron chi connectivity index (χ4n) is 2.23. The van der Waals surface area contributed by atoms with Crippen LogP contribution in [0.1, 0.15) is 19.4 Å². The molecule has 0 saturated carbocycles. The summed E-state index contributed by atoms with van der Waals surface area (Å²) in [5.74, 6) is 0.450. The average Bonchev–Trinajstić information content (AvgIpc) is 2.40. The van der Waals surface area contributed by atoms with E-state index >= 15 is 0 Å². The molecule has 0 aromatic heterocycles. The molecule has 1 saturated heterocycles. The maximum absolute atomic E-state index is 12.1. The molecule has 0 unspecified atom stereocenters. The Morgan fingerprint density at radius 1 is 1.40 bits per heavy atom. The van der Waals surface area contributed by atoms with Gasteiger partial charge in [0, 0.05) is 10.0 Å². The molecular weight excluding hydrogens is 324 g/mol. The van der Waals surface area contributed by atoms with E-state index in [2.05, 4.69) is 21.2 Å². The Balaban J connectivity index is 2.34. The third-order valence-corrected chi connectivity index (χ3v) is 4.00. The fourth-order valence-corrected chi connectivity index (χ4v) is 2.64. The number of carbonyl (C=O) groups is 2. The van der Waals surface area contributed by atoms with Gasteiger partial charge in [0.25, 0.3) is 0 Å². The summed E-state index contributed by atoms with van der Waals surface area (Å²) in [6.07, 6.45) is 0. The minimum Gasteiger partial charge on any atom is -0.496 e. The number of hydrogen-bond donors (Lipinski definition) is 1. The van der Waals surface area contributed by atoms with Crippen LogP contribution in [0.25, 0.3) is 0 Å². The standard InChI is InChI=1S/C14H17BrN2O3/c1-14(2)13(19)16-7-12(18)17(14)8-9-6-10(15)4-5-11(9)20-3/h4-6H,7-8H2,1-3H3,(H,16,19). The van der Waals surface area contributed by atoms with Gasteiger partial charge in [0.2, 0.25) is 11.8 Å². The van der Waals surface area contributed by atoms with Gasteiger partial charge in [-0.2, -0.15) is 0 Å². The van der Waals surface area contributed by atoms with Gasteiger partial charge in [-0.1, -0.05) is 15.9 Å². The van der Waals surface area contributed by atoms with Crippen LogP contribution < -0.4 is 10.1 Å². The molecule has 5 nitrogen and oxygen atoms in total. The van der Waals surface area contributed by atoms with E-state index in [4.69, 9.17) is 4.74 Å². The van der Waals surface area contributed by atoms with Gasteiger partial charge >= 0.3 is 0 Å². The lowest BCUT2D eigenvalue weighted by molar-refractivity contribution is -0.152. The van der Waals surface area contributed by atoms with Gasteiger partial charge < -0.3 is 15.0 Å². The monoisotopic (exact) mass is 340 g/mol. The Bertz CT molecular complexity index is 557. The zero-order chi connectivity index (χ0) is 14.9. The van der Waals surface area contributed by atoms with E-state index in [1.165, 1.54) is 0 Å². The van der Waals surface area contributed by atoms with Crippen molar-refractivity contribution >= 4 is 27.7 Å². The minimum absolute atomic E-state index is 0.0403. The predicted octanol–water partition coefficient (Wildman–Crippen LogP) is 1.69. The second-order valence-electron chi connectivity index (χ2n) is 5.18. The van der Waals surface area contributed by atoms with Crippen LogP contribution in [-0.4, -0.2) is 35.9 Å². The van der Waals surface area contributed by atoms with E-state index in [1.807, 2.05) is 18.2 Å². The summed E-state index contributed by atoms with van der Waals surface area (Å²) < 4.78 is 6.22. The van der Waals surface area contributed by atoms with Crippen molar-refractivity contribution in [3.8, 4) is 5.75 Å². The molecule has 1 aliphatic heterocycles. The van der Waals surface area contributed by atoms with E-state index in [1.54, 1.807) is 25.9 Å². The van der Waals surface area contributed by atoms with Crippen LogP contribution in [-0.2, 0) is 16.1 Å². The zero-order valence-corrected chi connectivity index (χ0v) is 13.3. The van der Waals surface area contributed by atoms with Gasteiger partial charge in [0.1, 0.15) is 11.3 Å². The van der Waals surface area contributed by atoms with Gasteiger partial charge in [-0.05, 0) is 32.0 Å². The molecule has 1 aromatic carbocycles. The van der Waals surface area contributed by atoms with Gasteiger partial charge in [0.15, 0.2) is 0 Å². The van der Waals surface area contributed by atoms with Crippen LogP contribution >= 0.6 is 15.9 Å². The van der Waals surface area contributed by atoms with Crippen LogP contribution in [0.15, 0.2) is 22.7 Å². The van der Waals surface area contributed by atoms with Crippen LogP contribution in [0.4, 0.5) is 0 Å². The summed E-state index contributed by atoms with van der Waals surface area (Å²) in [6.45, 7) is 3.86. The minimum atomic E-state index is -0.872. The van der Waals surface area contributed by atoms with Gasteiger partial charge in [-0.15, -0.1) is 0 Å². The molecule has 0 radical (unpaired) electrons. The summed E-state index contributed by atoms with van der Waals surface area (Å²) in [5.41, 5.74) is -0.0131. The van der Waals surface area contributed by atoms with E-state index in [9.17, 15) is 9.59 Å². The Labute approximate surface area is 126 Å². The highest BCUT2D eigenvalue weighted by Crippen LogP contribution is 2.28. The van der Waals surface area contributed by atoms with Crippen molar-refractivity contribution in [3.63, 3.8) is 0 Å². The van der Waals surface area contributed by atoms with Gasteiger partial charge in [0.05, 0.1) is 20.2 Å². The number of piperazine rings is 1. The smallest absolute Gasteiger partial charge is 0.245 e. The molecular formula is C14H17BrN2O3. The van der Waals surface area contributed by atoms with Crippen LogP contribution in [0.5, 0.6) is 5.75 Å². The number of hydrogen-bond acceptors (Lipinski definition) is 3. The van der Waals surface area contributed by atoms with Crippen molar-refractivity contribution in [2.24, 2.45) is 0 Å². The van der Waals surface area contributed by atoms with Crippen molar-refractivity contribution in [2.75, 3.05) is 13.7 Å². The molecule has 20 heavy (non-hydrogen) atoms. The number of rotatable bonds is 3. The summed E-state index contributed by atoms with van der Waals surface area (Å²) in [5, 5.41) is 2.61. The highest BCUT2D eigenvalue weighted by molar-refractivity contribution is 9.10. The molecule has 0 bridgehead atoms. The predicted molar refractivity (Wildman–Crippen MR) is 78.3 cm³/mol. The van der Waals surface area contributed by atoms with Crippen molar-refractivity contribution in [2.45, 2.75) is 25.9 Å². The van der Waals surface area contributed by atoms with Crippen molar-refractivity contribution < 1.29 is 14.3 Å². The maximum Gasteiger partial charge on any atom is 0.245 e. The number of amides is 2. The Hall–Kier alpha value is -1.56. The summed E-state index contributed by atoms with van der Waals surface area (Å²) in [6, 6.07) is 5.60. The molecule has 108 valence electrons. The number of nitrogens with one attached hydrogen (secondary N) is 1. The van der Waals surface area contributed by atoms with Crippen molar-refractivity contribution in [1.29, 1.82) is 0 Å². The highest BCUT2D eigenvalue weighted by atomic mass is 79.9. The Morgan fingerprint density at radius 3 is 2.75 bits per heavy atom. The van der Waals surface area contributed by atoms with E-state index < -0.39 is 5.54 Å². The Kier molecular flexibility index (Phi) is 4.04. The number of methoxy groups -OCH3 is 1. The Morgan fingerprint density at radius 2 is 2.10 bits per heavy atom. The fraction of sp³-hybridized carbons (Fsp3) is 0.429. The van der Waals surface area contributed by atoms with Crippen molar-refractivity contribution in [3.05, 3.63) is 28.2 Å². The molecule has 0 atom stereocenters. The van der Waals surface area contributed by atoms with Crippen LogP contribution in [0, 0.1) is 0 Å². The largest absolute Gasteiger partial charge is 0.496 e. The summed E-state index contributed by atoms with van der Waals surface area (Å²) in [4.78, 5) is 25.6. The lowest BCUT2D eigenvalue weighted by atomic mass is 9.97. The summed E-state index contributed by atoms with van der Waals surface area (Å²) >= 11 is 3.41. The molecule has 6 heteroatoms. The molecule has 2 rings (SSSR count). The first-order valence-corrected chi connectivity index (χ1v) is 7.06. The highest BCUT2D eigenvalue weighted by Gasteiger charge is 2.41. The quantitative estimate of drug-likeness (QED) is 0.910. The van der Waals surface area contributed by atoms with Crippen LogP contribution in [0.3, 0.4) is 0 Å². The maximum atomic E-state index is 12.1. The first-order chi connectivity index (χ1) is 9.36. The summed E-state index contributed by atoms with van der Waals surface area (Å²) in [7, 11) is 1.59. The second-order valence-corrected chi connectivity index (χ2v) is 6.09. The van der Waals surface area contributed by atoms with E-state index in [-0.39, 0.29) is 18.4 Å².